The van der Waals surface area contributed by atoms with Crippen LogP contribution in [0.3, 0.4) is 0 Å². The van der Waals surface area contributed by atoms with E-state index in [1.165, 1.54) is 26.9 Å². The standard InChI is InChI=1S/C27H21NO/c1-28(2)22-13-6-18(7-14-22)8-17-25(29)23-15-11-21-10-9-19-4-3-5-20-12-16-24(23)27(21)26(19)20/h3-17H,1-2H3. The molecule has 0 atom stereocenters. The molecule has 0 aliphatic rings. The highest BCUT2D eigenvalue weighted by atomic mass is 16.1. The van der Waals surface area contributed by atoms with Gasteiger partial charge in [-0.05, 0) is 62.2 Å². The Labute approximate surface area is 170 Å². The SMILES string of the molecule is CN(C)c1ccc(C=CC(=O)c2ccc3ccc4cccc5ccc2c3c45)cc1. The number of carbonyl (C=O) groups is 1. The summed E-state index contributed by atoms with van der Waals surface area (Å²) in [6.07, 6.45) is 3.57. The fourth-order valence-electron chi connectivity index (χ4n) is 4.10. The minimum atomic E-state index is 0.0274. The van der Waals surface area contributed by atoms with Crippen LogP contribution in [0.5, 0.6) is 0 Å². The molecule has 0 spiro atoms. The van der Waals surface area contributed by atoms with E-state index in [-0.39, 0.29) is 5.78 Å². The van der Waals surface area contributed by atoms with E-state index in [0.29, 0.717) is 0 Å². The first-order chi connectivity index (χ1) is 14.1. The molecule has 29 heavy (non-hydrogen) atoms. The molecule has 5 aromatic rings. The Hall–Kier alpha value is -3.65. The zero-order chi connectivity index (χ0) is 20.0. The van der Waals surface area contributed by atoms with Crippen molar-refractivity contribution in [3.8, 4) is 0 Å². The molecule has 5 rings (SSSR count). The molecule has 0 heterocycles. The molecule has 0 aliphatic heterocycles. The molecule has 2 nitrogen and oxygen atoms in total. The number of rotatable bonds is 4. The summed E-state index contributed by atoms with van der Waals surface area (Å²) in [5.74, 6) is 0.0274. The van der Waals surface area contributed by atoms with E-state index in [1.807, 2.05) is 38.4 Å². The van der Waals surface area contributed by atoms with Crippen molar-refractivity contribution in [3.63, 3.8) is 0 Å². The highest BCUT2D eigenvalue weighted by Gasteiger charge is 2.13. The molecule has 0 N–H and O–H groups in total. The zero-order valence-corrected chi connectivity index (χ0v) is 16.5. The van der Waals surface area contributed by atoms with Crippen LogP contribution >= 0.6 is 0 Å². The maximum atomic E-state index is 13.0. The fourth-order valence-corrected chi connectivity index (χ4v) is 4.10. The van der Waals surface area contributed by atoms with Crippen LogP contribution in [0, 0.1) is 0 Å². The molecule has 0 saturated carbocycles. The molecule has 0 amide bonds. The first-order valence-electron chi connectivity index (χ1n) is 9.78. The number of hydrogen-bond donors (Lipinski definition) is 0. The summed E-state index contributed by atoms with van der Waals surface area (Å²) in [5.41, 5.74) is 2.90. The molecule has 2 heteroatoms. The van der Waals surface area contributed by atoms with Gasteiger partial charge in [-0.3, -0.25) is 4.79 Å². The molecule has 0 aromatic heterocycles. The first-order valence-corrected chi connectivity index (χ1v) is 9.78. The molecule has 0 aliphatic carbocycles. The van der Waals surface area contributed by atoms with Crippen molar-refractivity contribution in [2.75, 3.05) is 19.0 Å². The van der Waals surface area contributed by atoms with Gasteiger partial charge in [0.15, 0.2) is 5.78 Å². The van der Waals surface area contributed by atoms with E-state index in [4.69, 9.17) is 0 Å². The van der Waals surface area contributed by atoms with E-state index < -0.39 is 0 Å². The van der Waals surface area contributed by atoms with Crippen LogP contribution < -0.4 is 4.90 Å². The average molecular weight is 375 g/mol. The predicted molar refractivity (Wildman–Crippen MR) is 124 cm³/mol. The molecular weight excluding hydrogens is 354 g/mol. The topological polar surface area (TPSA) is 20.3 Å². The van der Waals surface area contributed by atoms with Crippen LogP contribution in [0.2, 0.25) is 0 Å². The number of benzene rings is 5. The largest absolute Gasteiger partial charge is 0.378 e. The lowest BCUT2D eigenvalue weighted by molar-refractivity contribution is 0.104. The number of nitrogens with zero attached hydrogens (tertiary/aromatic N) is 1. The molecule has 0 radical (unpaired) electrons. The third-order valence-corrected chi connectivity index (χ3v) is 5.63. The van der Waals surface area contributed by atoms with Crippen molar-refractivity contribution in [1.82, 2.24) is 0 Å². The van der Waals surface area contributed by atoms with E-state index in [9.17, 15) is 4.79 Å². The van der Waals surface area contributed by atoms with Crippen LogP contribution in [0.15, 0.2) is 84.9 Å². The predicted octanol–water partition coefficient (Wildman–Crippen LogP) is 6.55. The second kappa shape index (κ2) is 6.75. The van der Waals surface area contributed by atoms with E-state index in [0.717, 1.165) is 22.2 Å². The average Bonchev–Trinajstić information content (AvgIpc) is 2.76. The quantitative estimate of drug-likeness (QED) is 0.202. The highest BCUT2D eigenvalue weighted by molar-refractivity contribution is 6.27. The summed E-state index contributed by atoms with van der Waals surface area (Å²) in [6, 6.07) is 27.0. The van der Waals surface area contributed by atoms with Gasteiger partial charge in [-0.25, -0.2) is 0 Å². The van der Waals surface area contributed by atoms with Crippen molar-refractivity contribution in [2.24, 2.45) is 0 Å². The van der Waals surface area contributed by atoms with E-state index in [2.05, 4.69) is 65.6 Å². The lowest BCUT2D eigenvalue weighted by atomic mass is 9.91. The maximum absolute atomic E-state index is 13.0. The molecule has 0 saturated heterocycles. The van der Waals surface area contributed by atoms with Gasteiger partial charge >= 0.3 is 0 Å². The Kier molecular flexibility index (Phi) is 4.06. The van der Waals surface area contributed by atoms with Gasteiger partial charge in [-0.1, -0.05) is 66.7 Å². The second-order valence-electron chi connectivity index (χ2n) is 7.65. The molecule has 0 fully saturated rings. The minimum absolute atomic E-state index is 0.0274. The van der Waals surface area contributed by atoms with Crippen molar-refractivity contribution in [1.29, 1.82) is 0 Å². The normalized spacial score (nSPS) is 11.8. The Morgan fingerprint density at radius 2 is 1.34 bits per heavy atom. The van der Waals surface area contributed by atoms with Crippen LogP contribution in [-0.4, -0.2) is 19.9 Å². The monoisotopic (exact) mass is 375 g/mol. The Bertz CT molecular complexity index is 1360. The lowest BCUT2D eigenvalue weighted by Gasteiger charge is -2.12. The smallest absolute Gasteiger partial charge is 0.186 e. The van der Waals surface area contributed by atoms with Gasteiger partial charge in [0.05, 0.1) is 0 Å². The van der Waals surface area contributed by atoms with Gasteiger partial charge in [-0.15, -0.1) is 0 Å². The van der Waals surface area contributed by atoms with Gasteiger partial charge < -0.3 is 4.90 Å². The minimum Gasteiger partial charge on any atom is -0.378 e. The molecule has 5 aromatic carbocycles. The number of anilines is 1. The zero-order valence-electron chi connectivity index (χ0n) is 16.5. The van der Waals surface area contributed by atoms with Crippen LogP contribution in [0.1, 0.15) is 15.9 Å². The summed E-state index contributed by atoms with van der Waals surface area (Å²) >= 11 is 0. The fraction of sp³-hybridized carbons (Fsp3) is 0.0741. The van der Waals surface area contributed by atoms with Crippen molar-refractivity contribution in [2.45, 2.75) is 0 Å². The van der Waals surface area contributed by atoms with E-state index in [1.54, 1.807) is 6.08 Å². The Balaban J connectivity index is 1.58. The Morgan fingerprint density at radius 3 is 2.03 bits per heavy atom. The molecular formula is C27H21NO. The summed E-state index contributed by atoms with van der Waals surface area (Å²) in [6.45, 7) is 0. The van der Waals surface area contributed by atoms with Crippen LogP contribution in [-0.2, 0) is 0 Å². The maximum Gasteiger partial charge on any atom is 0.186 e. The van der Waals surface area contributed by atoms with Crippen LogP contribution in [0.4, 0.5) is 5.69 Å². The summed E-state index contributed by atoms with van der Waals surface area (Å²) < 4.78 is 0. The third-order valence-electron chi connectivity index (χ3n) is 5.63. The lowest BCUT2D eigenvalue weighted by Crippen LogP contribution is -2.07. The molecule has 140 valence electrons. The molecule has 0 bridgehead atoms. The molecule has 0 unspecified atom stereocenters. The van der Waals surface area contributed by atoms with Crippen molar-refractivity contribution < 1.29 is 4.79 Å². The Morgan fingerprint density at radius 1 is 0.724 bits per heavy atom. The number of carbonyl (C=O) groups excluding carboxylic acids is 1. The van der Waals surface area contributed by atoms with Crippen LogP contribution in [0.25, 0.3) is 38.4 Å². The highest BCUT2D eigenvalue weighted by Crippen LogP contribution is 2.36. The van der Waals surface area contributed by atoms with Gasteiger partial charge in [0.2, 0.25) is 0 Å². The summed E-state index contributed by atoms with van der Waals surface area (Å²) in [4.78, 5) is 15.1. The second-order valence-corrected chi connectivity index (χ2v) is 7.65. The van der Waals surface area contributed by atoms with Gasteiger partial charge in [0.1, 0.15) is 0 Å². The van der Waals surface area contributed by atoms with Gasteiger partial charge in [0, 0.05) is 25.3 Å². The third kappa shape index (κ3) is 2.94. The first kappa shape index (κ1) is 17.4. The van der Waals surface area contributed by atoms with Crippen molar-refractivity contribution in [3.05, 3.63) is 96.1 Å². The summed E-state index contributed by atoms with van der Waals surface area (Å²) in [5, 5.41) is 7.02. The van der Waals surface area contributed by atoms with Crippen molar-refractivity contribution >= 4 is 49.9 Å². The number of hydrogen-bond acceptors (Lipinski definition) is 2. The summed E-state index contributed by atoms with van der Waals surface area (Å²) in [7, 11) is 4.03. The van der Waals surface area contributed by atoms with Gasteiger partial charge in [0.25, 0.3) is 0 Å². The number of ketones is 1. The van der Waals surface area contributed by atoms with Gasteiger partial charge in [-0.2, -0.15) is 0 Å². The number of allylic oxidation sites excluding steroid dienone is 1. The van der Waals surface area contributed by atoms with E-state index >= 15 is 0 Å².